The fourth-order valence-corrected chi connectivity index (χ4v) is 0.692. The molecule has 0 unspecified atom stereocenters. The number of anilines is 1. The van der Waals surface area contributed by atoms with E-state index in [1.54, 1.807) is 20.3 Å². The Labute approximate surface area is 70.8 Å². The van der Waals surface area contributed by atoms with Crippen LogP contribution in [0.2, 0.25) is 0 Å². The Morgan fingerprint density at radius 2 is 2.33 bits per heavy atom. The molecule has 0 aromatic carbocycles. The number of hydrogen-bond donors (Lipinski definition) is 2. The van der Waals surface area contributed by atoms with Crippen LogP contribution in [0.15, 0.2) is 6.20 Å². The average molecular weight is 168 g/mol. The molecule has 0 aliphatic rings. The molecule has 0 atom stereocenters. The molecule has 5 nitrogen and oxygen atoms in total. The molecule has 0 saturated heterocycles. The predicted octanol–water partition coefficient (Wildman–Crippen LogP) is 0.812. The summed E-state index contributed by atoms with van der Waals surface area (Å²) in [6, 6.07) is -0.164. The van der Waals surface area contributed by atoms with Crippen LogP contribution in [0.1, 0.15) is 5.56 Å². The lowest BCUT2D eigenvalue weighted by Gasteiger charge is -2.10. The Morgan fingerprint density at radius 1 is 1.67 bits per heavy atom. The number of nitrogens with one attached hydrogen (secondary N) is 2. The molecule has 0 aliphatic heterocycles. The summed E-state index contributed by atoms with van der Waals surface area (Å²) in [5.74, 6) is 0.647. The molecule has 0 saturated carbocycles. The fourth-order valence-electron chi connectivity index (χ4n) is 0.692. The van der Waals surface area contributed by atoms with Crippen molar-refractivity contribution < 1.29 is 4.79 Å². The maximum atomic E-state index is 11.1. The van der Waals surface area contributed by atoms with Crippen molar-refractivity contribution in [2.45, 2.75) is 6.92 Å². The van der Waals surface area contributed by atoms with E-state index in [-0.39, 0.29) is 6.03 Å². The summed E-state index contributed by atoms with van der Waals surface area (Å²) in [5.41, 5.74) is 0.921. The lowest BCUT2D eigenvalue weighted by Crippen LogP contribution is -2.27. The summed E-state index contributed by atoms with van der Waals surface area (Å²) in [4.78, 5) is 12.6. The number of carbonyl (C=O) groups excluding carboxylic acids is 1. The van der Waals surface area contributed by atoms with E-state index in [2.05, 4.69) is 15.5 Å². The molecule has 2 amide bonds. The second-order valence-electron chi connectivity index (χ2n) is 2.75. The van der Waals surface area contributed by atoms with Gasteiger partial charge in [0.05, 0.1) is 6.20 Å². The summed E-state index contributed by atoms with van der Waals surface area (Å²) < 4.78 is 0. The summed E-state index contributed by atoms with van der Waals surface area (Å²) >= 11 is 0. The Kier molecular flexibility index (Phi) is 2.32. The van der Waals surface area contributed by atoms with Gasteiger partial charge in [-0.3, -0.25) is 10.4 Å². The van der Waals surface area contributed by atoms with E-state index >= 15 is 0 Å². The first-order chi connectivity index (χ1) is 5.61. The van der Waals surface area contributed by atoms with Crippen LogP contribution in [-0.2, 0) is 0 Å². The van der Waals surface area contributed by atoms with Gasteiger partial charge in [-0.1, -0.05) is 0 Å². The highest BCUT2D eigenvalue weighted by Gasteiger charge is 2.06. The molecule has 12 heavy (non-hydrogen) atoms. The first-order valence-corrected chi connectivity index (χ1v) is 3.59. The largest absolute Gasteiger partial charge is 0.331 e. The molecule has 0 radical (unpaired) electrons. The fraction of sp³-hybridized carbons (Fsp3) is 0.429. The van der Waals surface area contributed by atoms with Gasteiger partial charge in [0.2, 0.25) is 0 Å². The molecular formula is C7H12N4O. The van der Waals surface area contributed by atoms with Crippen molar-refractivity contribution in [2.24, 2.45) is 0 Å². The third-order valence-electron chi connectivity index (χ3n) is 1.47. The zero-order chi connectivity index (χ0) is 9.14. The number of amides is 2. The van der Waals surface area contributed by atoms with Crippen LogP contribution in [0.25, 0.3) is 0 Å². The van der Waals surface area contributed by atoms with Crippen LogP contribution in [0.5, 0.6) is 0 Å². The van der Waals surface area contributed by atoms with E-state index in [1.165, 1.54) is 4.90 Å². The maximum absolute atomic E-state index is 11.1. The molecule has 0 aliphatic carbocycles. The van der Waals surface area contributed by atoms with Crippen molar-refractivity contribution in [3.63, 3.8) is 0 Å². The minimum absolute atomic E-state index is 0.164. The lowest BCUT2D eigenvalue weighted by molar-refractivity contribution is 0.230. The van der Waals surface area contributed by atoms with Gasteiger partial charge in [0.25, 0.3) is 0 Å². The Hall–Kier alpha value is -1.52. The molecule has 1 rings (SSSR count). The molecule has 66 valence electrons. The van der Waals surface area contributed by atoms with E-state index in [1.807, 2.05) is 6.92 Å². The van der Waals surface area contributed by atoms with Gasteiger partial charge in [-0.2, -0.15) is 5.10 Å². The van der Waals surface area contributed by atoms with E-state index < -0.39 is 0 Å². The number of aromatic amines is 1. The number of carbonyl (C=O) groups is 1. The van der Waals surface area contributed by atoms with Gasteiger partial charge < -0.3 is 4.90 Å². The minimum atomic E-state index is -0.164. The van der Waals surface area contributed by atoms with Crippen molar-refractivity contribution in [3.05, 3.63) is 11.8 Å². The van der Waals surface area contributed by atoms with E-state index in [9.17, 15) is 4.79 Å². The molecule has 2 N–H and O–H groups in total. The van der Waals surface area contributed by atoms with Crippen molar-refractivity contribution in [1.82, 2.24) is 15.1 Å². The zero-order valence-electron chi connectivity index (χ0n) is 7.38. The second-order valence-corrected chi connectivity index (χ2v) is 2.75. The number of nitrogens with zero attached hydrogens (tertiary/aromatic N) is 2. The van der Waals surface area contributed by atoms with Gasteiger partial charge >= 0.3 is 6.03 Å². The second kappa shape index (κ2) is 3.25. The van der Waals surface area contributed by atoms with Gasteiger partial charge in [0.15, 0.2) is 0 Å². The third kappa shape index (κ3) is 1.75. The first-order valence-electron chi connectivity index (χ1n) is 3.59. The lowest BCUT2D eigenvalue weighted by atomic mass is 10.4. The van der Waals surface area contributed by atoms with Gasteiger partial charge in [0.1, 0.15) is 5.82 Å². The third-order valence-corrected chi connectivity index (χ3v) is 1.47. The van der Waals surface area contributed by atoms with Crippen LogP contribution < -0.4 is 5.32 Å². The summed E-state index contributed by atoms with van der Waals surface area (Å²) in [6.45, 7) is 1.87. The Balaban J connectivity index is 2.64. The Morgan fingerprint density at radius 3 is 2.75 bits per heavy atom. The van der Waals surface area contributed by atoms with Crippen LogP contribution in [0.3, 0.4) is 0 Å². The molecule has 5 heteroatoms. The normalized spacial score (nSPS) is 9.58. The van der Waals surface area contributed by atoms with E-state index in [0.29, 0.717) is 5.82 Å². The van der Waals surface area contributed by atoms with E-state index in [4.69, 9.17) is 0 Å². The van der Waals surface area contributed by atoms with Gasteiger partial charge in [-0.05, 0) is 6.92 Å². The molecule has 1 aromatic rings. The number of aryl methyl sites for hydroxylation is 1. The van der Waals surface area contributed by atoms with E-state index in [0.717, 1.165) is 5.56 Å². The topological polar surface area (TPSA) is 61.0 Å². The minimum Gasteiger partial charge on any atom is -0.331 e. The predicted molar refractivity (Wildman–Crippen MR) is 46.0 cm³/mol. The summed E-state index contributed by atoms with van der Waals surface area (Å²) in [7, 11) is 3.36. The van der Waals surface area contributed by atoms with Crippen molar-refractivity contribution >= 4 is 11.8 Å². The van der Waals surface area contributed by atoms with Crippen molar-refractivity contribution in [2.75, 3.05) is 19.4 Å². The SMILES string of the molecule is Cc1cn[nH]c1NC(=O)N(C)C. The van der Waals surface area contributed by atoms with Crippen LogP contribution >= 0.6 is 0 Å². The quantitative estimate of drug-likeness (QED) is 0.652. The standard InChI is InChI=1S/C7H12N4O/c1-5-4-8-10-6(5)9-7(12)11(2)3/h4H,1-3H3,(H2,8,9,10,12). The van der Waals surface area contributed by atoms with Crippen LogP contribution in [0, 0.1) is 6.92 Å². The van der Waals surface area contributed by atoms with Gasteiger partial charge in [-0.25, -0.2) is 4.79 Å². The maximum Gasteiger partial charge on any atom is 0.322 e. The Bertz CT molecular complexity index is 279. The molecule has 0 bridgehead atoms. The molecule has 0 spiro atoms. The number of urea groups is 1. The monoisotopic (exact) mass is 168 g/mol. The zero-order valence-corrected chi connectivity index (χ0v) is 7.38. The molecule has 0 fully saturated rings. The highest BCUT2D eigenvalue weighted by atomic mass is 16.2. The highest BCUT2D eigenvalue weighted by Crippen LogP contribution is 2.08. The van der Waals surface area contributed by atoms with Crippen molar-refractivity contribution in [1.29, 1.82) is 0 Å². The average Bonchev–Trinajstić information content (AvgIpc) is 2.36. The van der Waals surface area contributed by atoms with Gasteiger partial charge in [0, 0.05) is 19.7 Å². The molecule has 1 heterocycles. The molecule has 1 aromatic heterocycles. The van der Waals surface area contributed by atoms with Crippen LogP contribution in [-0.4, -0.2) is 35.2 Å². The summed E-state index contributed by atoms with van der Waals surface area (Å²) in [6.07, 6.45) is 1.66. The number of H-pyrrole nitrogens is 1. The van der Waals surface area contributed by atoms with Gasteiger partial charge in [-0.15, -0.1) is 0 Å². The number of hydrogen-bond acceptors (Lipinski definition) is 2. The highest BCUT2D eigenvalue weighted by molar-refractivity contribution is 5.88. The summed E-state index contributed by atoms with van der Waals surface area (Å²) in [5, 5.41) is 9.12. The first kappa shape index (κ1) is 8.58. The number of aromatic nitrogens is 2. The molecular weight excluding hydrogens is 156 g/mol. The van der Waals surface area contributed by atoms with Crippen molar-refractivity contribution in [3.8, 4) is 0 Å². The van der Waals surface area contributed by atoms with Crippen LogP contribution in [0.4, 0.5) is 10.6 Å². The smallest absolute Gasteiger partial charge is 0.322 e. The number of rotatable bonds is 1.